The predicted octanol–water partition coefficient (Wildman–Crippen LogP) is 4.85. The lowest BCUT2D eigenvalue weighted by atomic mass is 9.85. The summed E-state index contributed by atoms with van der Waals surface area (Å²) in [6, 6.07) is 14.9. The highest BCUT2D eigenvalue weighted by molar-refractivity contribution is 5.87. The first-order valence-electron chi connectivity index (χ1n) is 11.5. The van der Waals surface area contributed by atoms with Crippen LogP contribution < -0.4 is 15.5 Å². The Bertz CT molecular complexity index is 1080. The smallest absolute Gasteiger partial charge is 0.224 e. The summed E-state index contributed by atoms with van der Waals surface area (Å²) in [5.41, 5.74) is 2.22. The van der Waals surface area contributed by atoms with Gasteiger partial charge in [-0.05, 0) is 55.9 Å². The first kappa shape index (κ1) is 22.1. The van der Waals surface area contributed by atoms with E-state index >= 15 is 0 Å². The molecule has 6 heteroatoms. The van der Waals surface area contributed by atoms with E-state index in [1.165, 1.54) is 16.3 Å². The second kappa shape index (κ2) is 9.55. The minimum absolute atomic E-state index is 0.0186. The van der Waals surface area contributed by atoms with Gasteiger partial charge >= 0.3 is 0 Å². The number of amides is 1. The quantitative estimate of drug-likeness (QED) is 0.584. The SMILES string of the molecule is Cc1cnc(N[C@H]2CC[C@@H](C(=O)N[C@@H](C)c3cccc4ccccc34)CC2)nc1N(C)C. The van der Waals surface area contributed by atoms with E-state index in [1.807, 2.05) is 44.2 Å². The molecule has 1 saturated carbocycles. The van der Waals surface area contributed by atoms with E-state index < -0.39 is 0 Å². The monoisotopic (exact) mass is 431 g/mol. The van der Waals surface area contributed by atoms with Gasteiger partial charge in [0.15, 0.2) is 0 Å². The Balaban J connectivity index is 1.33. The lowest BCUT2D eigenvalue weighted by Gasteiger charge is -2.29. The number of benzene rings is 2. The molecule has 0 radical (unpaired) electrons. The highest BCUT2D eigenvalue weighted by Gasteiger charge is 2.28. The van der Waals surface area contributed by atoms with Crippen LogP contribution in [0.1, 0.15) is 49.8 Å². The maximum atomic E-state index is 13.0. The van der Waals surface area contributed by atoms with Crippen molar-refractivity contribution in [2.24, 2.45) is 5.92 Å². The van der Waals surface area contributed by atoms with Gasteiger partial charge in [-0.25, -0.2) is 4.98 Å². The molecule has 2 aromatic carbocycles. The number of rotatable bonds is 6. The maximum absolute atomic E-state index is 13.0. The zero-order chi connectivity index (χ0) is 22.7. The average molecular weight is 432 g/mol. The van der Waals surface area contributed by atoms with Crippen LogP contribution in [0.4, 0.5) is 11.8 Å². The Morgan fingerprint density at radius 2 is 1.78 bits per heavy atom. The van der Waals surface area contributed by atoms with Crippen LogP contribution in [0, 0.1) is 12.8 Å². The fraction of sp³-hybridized carbons (Fsp3) is 0.423. The summed E-state index contributed by atoms with van der Waals surface area (Å²) >= 11 is 0. The second-order valence-electron chi connectivity index (χ2n) is 9.09. The third-order valence-electron chi connectivity index (χ3n) is 6.45. The number of carbonyl (C=O) groups excluding carboxylic acids is 1. The molecule has 0 saturated heterocycles. The van der Waals surface area contributed by atoms with Crippen LogP contribution in [0.15, 0.2) is 48.7 Å². The van der Waals surface area contributed by atoms with Crippen molar-refractivity contribution >= 4 is 28.4 Å². The van der Waals surface area contributed by atoms with Gasteiger partial charge in [-0.3, -0.25) is 4.79 Å². The molecule has 6 nitrogen and oxygen atoms in total. The van der Waals surface area contributed by atoms with Gasteiger partial charge in [0.1, 0.15) is 5.82 Å². The van der Waals surface area contributed by atoms with E-state index in [4.69, 9.17) is 0 Å². The van der Waals surface area contributed by atoms with Crippen molar-refractivity contribution in [1.82, 2.24) is 15.3 Å². The van der Waals surface area contributed by atoms with Crippen molar-refractivity contribution in [3.05, 3.63) is 59.8 Å². The summed E-state index contributed by atoms with van der Waals surface area (Å²) in [4.78, 5) is 24.1. The van der Waals surface area contributed by atoms with Crippen LogP contribution in [-0.2, 0) is 4.79 Å². The number of aromatic nitrogens is 2. The molecule has 32 heavy (non-hydrogen) atoms. The van der Waals surface area contributed by atoms with Crippen molar-refractivity contribution < 1.29 is 4.79 Å². The van der Waals surface area contributed by atoms with Gasteiger partial charge in [-0.2, -0.15) is 4.98 Å². The molecule has 168 valence electrons. The number of fused-ring (bicyclic) bond motifs is 1. The molecule has 1 aromatic heterocycles. The first-order valence-corrected chi connectivity index (χ1v) is 11.5. The lowest BCUT2D eigenvalue weighted by Crippen LogP contribution is -2.37. The van der Waals surface area contributed by atoms with E-state index in [0.29, 0.717) is 12.0 Å². The molecule has 3 aromatic rings. The molecule has 0 bridgehead atoms. The lowest BCUT2D eigenvalue weighted by molar-refractivity contribution is -0.126. The summed E-state index contributed by atoms with van der Waals surface area (Å²) in [6.45, 7) is 4.09. The standard InChI is InChI=1S/C26H33N5O/c1-17-16-27-26(30-24(17)31(3)4)29-21-14-12-20(13-15-21)25(32)28-18(2)22-11-7-9-19-8-5-6-10-23(19)22/h5-11,16,18,20-21H,12-15H2,1-4H3,(H,28,32)(H,27,29,30)/t18-,20-,21+/m0/s1. The van der Waals surface area contributed by atoms with E-state index in [2.05, 4.69) is 57.9 Å². The predicted molar refractivity (Wildman–Crippen MR) is 131 cm³/mol. The molecule has 4 rings (SSSR count). The molecule has 1 heterocycles. The van der Waals surface area contributed by atoms with Crippen LogP contribution in [0.5, 0.6) is 0 Å². The van der Waals surface area contributed by atoms with E-state index in [1.54, 1.807) is 0 Å². The van der Waals surface area contributed by atoms with Crippen LogP contribution in [0.2, 0.25) is 0 Å². The number of nitrogens with zero attached hydrogens (tertiary/aromatic N) is 3. The Morgan fingerprint density at radius 3 is 2.53 bits per heavy atom. The highest BCUT2D eigenvalue weighted by atomic mass is 16.1. The number of nitrogens with one attached hydrogen (secondary N) is 2. The molecule has 1 aliphatic rings. The summed E-state index contributed by atoms with van der Waals surface area (Å²) < 4.78 is 0. The average Bonchev–Trinajstić information content (AvgIpc) is 2.80. The number of anilines is 2. The van der Waals surface area contributed by atoms with Crippen LogP contribution >= 0.6 is 0 Å². The number of carbonyl (C=O) groups is 1. The van der Waals surface area contributed by atoms with Crippen molar-refractivity contribution in [3.8, 4) is 0 Å². The van der Waals surface area contributed by atoms with Crippen molar-refractivity contribution in [1.29, 1.82) is 0 Å². The van der Waals surface area contributed by atoms with Gasteiger partial charge in [0, 0.05) is 37.8 Å². The van der Waals surface area contributed by atoms with Crippen LogP contribution in [-0.4, -0.2) is 36.0 Å². The summed E-state index contributed by atoms with van der Waals surface area (Å²) in [5, 5.41) is 9.13. The Morgan fingerprint density at radius 1 is 1.06 bits per heavy atom. The molecule has 1 amide bonds. The van der Waals surface area contributed by atoms with Gasteiger partial charge in [0.25, 0.3) is 0 Å². The number of aryl methyl sites for hydroxylation is 1. The van der Waals surface area contributed by atoms with Crippen molar-refractivity contribution in [2.45, 2.75) is 51.6 Å². The number of hydrogen-bond acceptors (Lipinski definition) is 5. The van der Waals surface area contributed by atoms with E-state index in [-0.39, 0.29) is 17.9 Å². The van der Waals surface area contributed by atoms with Crippen LogP contribution in [0.25, 0.3) is 10.8 Å². The molecular weight excluding hydrogens is 398 g/mol. The normalized spacial score (nSPS) is 19.4. The fourth-order valence-electron chi connectivity index (χ4n) is 4.67. The van der Waals surface area contributed by atoms with E-state index in [9.17, 15) is 4.79 Å². The maximum Gasteiger partial charge on any atom is 0.224 e. The van der Waals surface area contributed by atoms with E-state index in [0.717, 1.165) is 37.1 Å². The van der Waals surface area contributed by atoms with Gasteiger partial charge in [0.2, 0.25) is 11.9 Å². The molecule has 0 unspecified atom stereocenters. The van der Waals surface area contributed by atoms with Gasteiger partial charge in [-0.15, -0.1) is 0 Å². The fourth-order valence-corrected chi connectivity index (χ4v) is 4.67. The molecule has 0 spiro atoms. The van der Waals surface area contributed by atoms with Crippen LogP contribution in [0.3, 0.4) is 0 Å². The van der Waals surface area contributed by atoms with Crippen molar-refractivity contribution in [3.63, 3.8) is 0 Å². The zero-order valence-corrected chi connectivity index (χ0v) is 19.4. The Kier molecular flexibility index (Phi) is 6.58. The summed E-state index contributed by atoms with van der Waals surface area (Å²) in [7, 11) is 3.98. The molecular formula is C26H33N5O. The third kappa shape index (κ3) is 4.85. The largest absolute Gasteiger partial charge is 0.362 e. The zero-order valence-electron chi connectivity index (χ0n) is 19.4. The minimum Gasteiger partial charge on any atom is -0.362 e. The Labute approximate surface area is 190 Å². The second-order valence-corrected chi connectivity index (χ2v) is 9.09. The molecule has 1 aliphatic carbocycles. The van der Waals surface area contributed by atoms with Crippen molar-refractivity contribution in [2.75, 3.05) is 24.3 Å². The summed E-state index contributed by atoms with van der Waals surface area (Å²) in [5.74, 6) is 1.81. The number of hydrogen-bond donors (Lipinski definition) is 2. The molecule has 1 atom stereocenters. The minimum atomic E-state index is -0.0186. The van der Waals surface area contributed by atoms with Gasteiger partial charge in [0.05, 0.1) is 6.04 Å². The molecule has 0 aliphatic heterocycles. The third-order valence-corrected chi connectivity index (χ3v) is 6.45. The Hall–Kier alpha value is -3.15. The first-order chi connectivity index (χ1) is 15.4. The topological polar surface area (TPSA) is 70.1 Å². The molecule has 1 fully saturated rings. The van der Waals surface area contributed by atoms with Gasteiger partial charge < -0.3 is 15.5 Å². The molecule has 2 N–H and O–H groups in total. The van der Waals surface area contributed by atoms with Gasteiger partial charge in [-0.1, -0.05) is 42.5 Å². The highest BCUT2D eigenvalue weighted by Crippen LogP contribution is 2.29. The summed E-state index contributed by atoms with van der Waals surface area (Å²) in [6.07, 6.45) is 5.49.